The van der Waals surface area contributed by atoms with E-state index < -0.39 is 11.9 Å². The minimum Gasteiger partial charge on any atom is -0.497 e. The molecule has 5 nitrogen and oxygen atoms in total. The highest BCUT2D eigenvalue weighted by molar-refractivity contribution is 7.12. The number of nitrogens with one attached hydrogen (secondary N) is 2. The molecule has 0 aliphatic heterocycles. The van der Waals surface area contributed by atoms with Gasteiger partial charge < -0.3 is 10.1 Å². The lowest BCUT2D eigenvalue weighted by Crippen LogP contribution is -2.33. The van der Waals surface area contributed by atoms with Crippen LogP contribution in [0.25, 0.3) is 0 Å². The first-order valence-corrected chi connectivity index (χ1v) is 6.37. The fourth-order valence-electron chi connectivity index (χ4n) is 1.41. The van der Waals surface area contributed by atoms with E-state index in [-0.39, 0.29) is 0 Å². The average molecular weight is 276 g/mol. The van der Waals surface area contributed by atoms with Gasteiger partial charge in [0, 0.05) is 5.69 Å². The molecular formula is C13H12N2O3S. The van der Waals surface area contributed by atoms with E-state index in [0.717, 1.165) is 0 Å². The number of rotatable bonds is 3. The maximum Gasteiger partial charge on any atom is 0.326 e. The molecule has 0 saturated carbocycles. The lowest BCUT2D eigenvalue weighted by Gasteiger charge is -2.06. The summed E-state index contributed by atoms with van der Waals surface area (Å²) >= 11 is 1.28. The molecule has 0 aliphatic rings. The summed E-state index contributed by atoms with van der Waals surface area (Å²) in [5, 5.41) is 6.59. The molecular weight excluding hydrogens is 264 g/mol. The molecule has 0 radical (unpaired) electrons. The van der Waals surface area contributed by atoms with Crippen LogP contribution in [0.2, 0.25) is 0 Å². The van der Waals surface area contributed by atoms with Crippen LogP contribution in [0, 0.1) is 0 Å². The van der Waals surface area contributed by atoms with Crippen LogP contribution in [0.15, 0.2) is 41.8 Å². The highest BCUT2D eigenvalue weighted by atomic mass is 32.1. The lowest BCUT2D eigenvalue weighted by molar-refractivity contribution is 0.0971. The fourth-order valence-corrected chi connectivity index (χ4v) is 2.03. The third kappa shape index (κ3) is 3.56. The van der Waals surface area contributed by atoms with E-state index in [1.807, 2.05) is 0 Å². The molecule has 1 heterocycles. The summed E-state index contributed by atoms with van der Waals surface area (Å²) in [5.74, 6) is 0.279. The first-order valence-electron chi connectivity index (χ1n) is 5.49. The molecule has 2 N–H and O–H groups in total. The van der Waals surface area contributed by atoms with Crippen molar-refractivity contribution < 1.29 is 14.3 Å². The zero-order valence-corrected chi connectivity index (χ0v) is 11.0. The second-order valence-electron chi connectivity index (χ2n) is 3.61. The quantitative estimate of drug-likeness (QED) is 0.905. The molecule has 0 saturated heterocycles. The van der Waals surface area contributed by atoms with E-state index in [2.05, 4.69) is 10.6 Å². The summed E-state index contributed by atoms with van der Waals surface area (Å²) in [6, 6.07) is 9.65. The molecule has 3 amide bonds. The van der Waals surface area contributed by atoms with Crippen molar-refractivity contribution in [3.05, 3.63) is 46.7 Å². The number of carbonyl (C=O) groups is 2. The van der Waals surface area contributed by atoms with Crippen molar-refractivity contribution in [2.45, 2.75) is 0 Å². The minimum atomic E-state index is -0.566. The molecule has 0 aliphatic carbocycles. The lowest BCUT2D eigenvalue weighted by atomic mass is 10.3. The van der Waals surface area contributed by atoms with Crippen molar-refractivity contribution in [3.63, 3.8) is 0 Å². The van der Waals surface area contributed by atoms with E-state index in [4.69, 9.17) is 4.74 Å². The number of benzene rings is 1. The van der Waals surface area contributed by atoms with Crippen LogP contribution in [0.5, 0.6) is 5.75 Å². The van der Waals surface area contributed by atoms with Gasteiger partial charge in [-0.05, 0) is 35.7 Å². The maximum absolute atomic E-state index is 11.6. The topological polar surface area (TPSA) is 67.4 Å². The number of imide groups is 1. The van der Waals surface area contributed by atoms with Gasteiger partial charge in [-0.2, -0.15) is 0 Å². The normalized spacial score (nSPS) is 9.74. The predicted molar refractivity (Wildman–Crippen MR) is 73.8 cm³/mol. The summed E-state index contributed by atoms with van der Waals surface area (Å²) in [7, 11) is 1.56. The SMILES string of the molecule is COc1ccc(NC(=O)NC(=O)c2cccs2)cc1. The number of methoxy groups -OCH3 is 1. The summed E-state index contributed by atoms with van der Waals surface area (Å²) in [6.45, 7) is 0. The highest BCUT2D eigenvalue weighted by Crippen LogP contribution is 2.15. The third-order valence-corrected chi connectivity index (χ3v) is 3.19. The Bertz CT molecular complexity index is 564. The van der Waals surface area contributed by atoms with Crippen molar-refractivity contribution in [2.75, 3.05) is 12.4 Å². The summed E-state index contributed by atoms with van der Waals surface area (Å²) < 4.78 is 5.01. The number of thiophene rings is 1. The Hall–Kier alpha value is -2.34. The van der Waals surface area contributed by atoms with Crippen LogP contribution >= 0.6 is 11.3 Å². The van der Waals surface area contributed by atoms with Crippen molar-refractivity contribution in [1.29, 1.82) is 0 Å². The molecule has 0 unspecified atom stereocenters. The standard InChI is InChI=1S/C13H12N2O3S/c1-18-10-6-4-9(5-7-10)14-13(17)15-12(16)11-3-2-8-19-11/h2-8H,1H3,(H2,14,15,16,17). The van der Waals surface area contributed by atoms with E-state index >= 15 is 0 Å². The first-order chi connectivity index (χ1) is 9.19. The Morgan fingerprint density at radius 1 is 1.16 bits per heavy atom. The van der Waals surface area contributed by atoms with E-state index in [1.165, 1.54) is 11.3 Å². The van der Waals surface area contributed by atoms with E-state index in [1.54, 1.807) is 48.9 Å². The molecule has 2 aromatic rings. The Morgan fingerprint density at radius 3 is 2.47 bits per heavy atom. The van der Waals surface area contributed by atoms with Crippen LogP contribution in [0.4, 0.5) is 10.5 Å². The summed E-state index contributed by atoms with van der Waals surface area (Å²) in [5.41, 5.74) is 0.581. The van der Waals surface area contributed by atoms with Crippen molar-refractivity contribution in [3.8, 4) is 5.75 Å². The van der Waals surface area contributed by atoms with Gasteiger partial charge in [0.25, 0.3) is 5.91 Å². The predicted octanol–water partition coefficient (Wildman–Crippen LogP) is 2.72. The van der Waals surface area contributed by atoms with Crippen LogP contribution < -0.4 is 15.4 Å². The Morgan fingerprint density at radius 2 is 1.89 bits per heavy atom. The number of carbonyl (C=O) groups excluding carboxylic acids is 2. The molecule has 2 rings (SSSR count). The van der Waals surface area contributed by atoms with E-state index in [9.17, 15) is 9.59 Å². The maximum atomic E-state index is 11.6. The average Bonchev–Trinajstić information content (AvgIpc) is 2.93. The molecule has 0 bridgehead atoms. The van der Waals surface area contributed by atoms with Gasteiger partial charge in [-0.3, -0.25) is 10.1 Å². The van der Waals surface area contributed by atoms with E-state index in [0.29, 0.717) is 16.3 Å². The second kappa shape index (κ2) is 6.01. The molecule has 0 fully saturated rings. The van der Waals surface area contributed by atoms with Crippen LogP contribution in [-0.2, 0) is 0 Å². The second-order valence-corrected chi connectivity index (χ2v) is 4.56. The Labute approximate surface area is 114 Å². The zero-order chi connectivity index (χ0) is 13.7. The summed E-state index contributed by atoms with van der Waals surface area (Å²) in [6.07, 6.45) is 0. The number of ether oxygens (including phenoxy) is 1. The molecule has 1 aromatic carbocycles. The first kappa shape index (κ1) is 13.1. The smallest absolute Gasteiger partial charge is 0.326 e. The van der Waals surface area contributed by atoms with Gasteiger partial charge >= 0.3 is 6.03 Å². The Kier molecular flexibility index (Phi) is 4.15. The Balaban J connectivity index is 1.92. The van der Waals surface area contributed by atoms with Crippen LogP contribution in [0.1, 0.15) is 9.67 Å². The summed E-state index contributed by atoms with van der Waals surface area (Å²) in [4.78, 5) is 23.7. The van der Waals surface area contributed by atoms with Crippen molar-refractivity contribution in [1.82, 2.24) is 5.32 Å². The van der Waals surface area contributed by atoms with Gasteiger partial charge in [-0.25, -0.2) is 4.79 Å². The van der Waals surface area contributed by atoms with Crippen LogP contribution in [0.3, 0.4) is 0 Å². The molecule has 98 valence electrons. The molecule has 6 heteroatoms. The fraction of sp³-hybridized carbons (Fsp3) is 0.0769. The van der Waals surface area contributed by atoms with Gasteiger partial charge in [0.15, 0.2) is 0 Å². The number of hydrogen-bond acceptors (Lipinski definition) is 4. The van der Waals surface area contributed by atoms with Gasteiger partial charge in [0.2, 0.25) is 0 Å². The number of hydrogen-bond donors (Lipinski definition) is 2. The van der Waals surface area contributed by atoms with Crippen molar-refractivity contribution >= 4 is 29.0 Å². The monoisotopic (exact) mass is 276 g/mol. The minimum absolute atomic E-state index is 0.416. The van der Waals surface area contributed by atoms with Crippen molar-refractivity contribution in [2.24, 2.45) is 0 Å². The van der Waals surface area contributed by atoms with Crippen LogP contribution in [-0.4, -0.2) is 19.0 Å². The molecule has 1 aromatic heterocycles. The molecule has 19 heavy (non-hydrogen) atoms. The largest absolute Gasteiger partial charge is 0.497 e. The number of amides is 3. The third-order valence-electron chi connectivity index (χ3n) is 2.32. The van der Waals surface area contributed by atoms with Gasteiger partial charge in [-0.15, -0.1) is 11.3 Å². The molecule has 0 spiro atoms. The number of urea groups is 1. The highest BCUT2D eigenvalue weighted by Gasteiger charge is 2.10. The van der Waals surface area contributed by atoms with Gasteiger partial charge in [-0.1, -0.05) is 6.07 Å². The number of anilines is 1. The zero-order valence-electron chi connectivity index (χ0n) is 10.2. The van der Waals surface area contributed by atoms with Gasteiger partial charge in [0.1, 0.15) is 5.75 Å². The molecule has 0 atom stereocenters. The van der Waals surface area contributed by atoms with Gasteiger partial charge in [0.05, 0.1) is 12.0 Å².